The third kappa shape index (κ3) is 6.96. The second-order valence-corrected chi connectivity index (χ2v) is 13.5. The molecule has 4 rings (SSSR count). The number of fused-ring (bicyclic) bond motifs is 3. The molecule has 49 heavy (non-hydrogen) atoms. The van der Waals surface area contributed by atoms with E-state index in [2.05, 4.69) is 0 Å². The van der Waals surface area contributed by atoms with Gasteiger partial charge in [0.15, 0.2) is 30.0 Å². The maximum absolute atomic E-state index is 13.3. The lowest BCUT2D eigenvalue weighted by Crippen LogP contribution is -2.76. The minimum atomic E-state index is -2.44. The summed E-state index contributed by atoms with van der Waals surface area (Å²) in [6, 6.07) is 0. The van der Waals surface area contributed by atoms with Crippen molar-refractivity contribution < 1.29 is 77.2 Å². The summed E-state index contributed by atoms with van der Waals surface area (Å²) < 4.78 is 40.9. The molecule has 272 valence electrons. The summed E-state index contributed by atoms with van der Waals surface area (Å²) in [6.45, 7) is 7.43. The van der Waals surface area contributed by atoms with Crippen LogP contribution < -0.4 is 0 Å². The van der Waals surface area contributed by atoms with Gasteiger partial charge >= 0.3 is 35.8 Å². The first-order valence-electron chi connectivity index (χ1n) is 15.9. The highest BCUT2D eigenvalue weighted by molar-refractivity contribution is 5.78. The van der Waals surface area contributed by atoms with Gasteiger partial charge < -0.3 is 48.5 Å². The smallest absolute Gasteiger partial charge is 0.332 e. The Morgan fingerprint density at radius 2 is 1.51 bits per heavy atom. The SMILES string of the molecule is CC(=O)O[C@H]1[C@@H](OC(=O)CC(C)C)[C@]2(CO2)[C@@H]2[C@H](OC(C)=O)[C@@]3(O)[C@H](/C=C(CO)\C=C/[C@@H](OC(=O)CO)[C@@]2(C)[C@H]1OC(C)=O)OC(=O)[C@@H]3C. The normalized spacial score (nSPS) is 39.7. The van der Waals surface area contributed by atoms with Crippen LogP contribution in [0.3, 0.4) is 0 Å². The minimum absolute atomic E-state index is 0.0632. The summed E-state index contributed by atoms with van der Waals surface area (Å²) in [5.74, 6) is -8.62. The molecule has 0 unspecified atom stereocenters. The van der Waals surface area contributed by atoms with Crippen molar-refractivity contribution >= 4 is 35.8 Å². The standard InChI is InChI=1S/C33H44O16/c1-15(2)10-23(39)49-28-25(44-17(4)36)27(45-18(5)37)31(7)21(47-24(40)13-35)9-8-20(12-34)11-22-33(42,16(3)30(41)48-22)29(46-19(6)38)26(31)32(28)14-43-32/h8-9,11,15-16,21-22,25-29,34-35,42H,10,12-14H2,1-7H3/b9-8-,20-11+/t16-,21+,22-,25+,26+,27-,28+,29-,31+,32-,33-/m0/s1. The van der Waals surface area contributed by atoms with Crippen molar-refractivity contribution in [3.63, 3.8) is 0 Å². The van der Waals surface area contributed by atoms with Crippen LogP contribution in [-0.2, 0) is 61.9 Å². The van der Waals surface area contributed by atoms with Gasteiger partial charge in [0.2, 0.25) is 0 Å². The van der Waals surface area contributed by atoms with Crippen LogP contribution in [0, 0.1) is 23.2 Å². The molecule has 0 bridgehead atoms. The highest BCUT2D eigenvalue weighted by atomic mass is 16.7. The van der Waals surface area contributed by atoms with Crippen molar-refractivity contribution in [2.45, 2.75) is 103 Å². The molecular weight excluding hydrogens is 652 g/mol. The number of aliphatic hydroxyl groups is 3. The highest BCUT2D eigenvalue weighted by Gasteiger charge is 2.81. The third-order valence-corrected chi connectivity index (χ3v) is 9.63. The van der Waals surface area contributed by atoms with Gasteiger partial charge in [0.1, 0.15) is 24.4 Å². The third-order valence-electron chi connectivity index (χ3n) is 9.63. The highest BCUT2D eigenvalue weighted by Crippen LogP contribution is 2.63. The van der Waals surface area contributed by atoms with Gasteiger partial charge in [-0.3, -0.25) is 24.0 Å². The van der Waals surface area contributed by atoms with Gasteiger partial charge in [-0.15, -0.1) is 0 Å². The van der Waals surface area contributed by atoms with Crippen LogP contribution in [0.4, 0.5) is 0 Å². The first-order valence-corrected chi connectivity index (χ1v) is 15.9. The van der Waals surface area contributed by atoms with Gasteiger partial charge in [0, 0.05) is 33.1 Å². The molecule has 11 atom stereocenters. The van der Waals surface area contributed by atoms with E-state index < -0.39 is 114 Å². The lowest BCUT2D eigenvalue weighted by atomic mass is 9.51. The van der Waals surface area contributed by atoms with Crippen LogP contribution in [0.1, 0.15) is 54.9 Å². The maximum Gasteiger partial charge on any atom is 0.332 e. The van der Waals surface area contributed by atoms with Gasteiger partial charge in [-0.05, 0) is 30.6 Å². The Kier molecular flexibility index (Phi) is 11.0. The van der Waals surface area contributed by atoms with E-state index >= 15 is 0 Å². The van der Waals surface area contributed by atoms with E-state index in [9.17, 15) is 44.1 Å². The van der Waals surface area contributed by atoms with E-state index in [-0.39, 0.29) is 24.5 Å². The lowest BCUT2D eigenvalue weighted by Gasteiger charge is -2.59. The predicted octanol–water partition coefficient (Wildman–Crippen LogP) is -0.170. The number of hydrogen-bond acceptors (Lipinski definition) is 16. The molecule has 0 aromatic rings. The molecule has 2 aliphatic carbocycles. The van der Waals surface area contributed by atoms with Crippen LogP contribution in [0.5, 0.6) is 0 Å². The van der Waals surface area contributed by atoms with Crippen molar-refractivity contribution in [1.29, 1.82) is 0 Å². The second kappa shape index (κ2) is 14.2. The molecule has 1 saturated carbocycles. The summed E-state index contributed by atoms with van der Waals surface area (Å²) in [7, 11) is 0. The fourth-order valence-corrected chi connectivity index (χ4v) is 7.46. The van der Waals surface area contributed by atoms with E-state index in [1.807, 2.05) is 0 Å². The van der Waals surface area contributed by atoms with Crippen molar-refractivity contribution in [2.75, 3.05) is 19.8 Å². The molecule has 0 radical (unpaired) electrons. The average Bonchev–Trinajstić information content (AvgIpc) is 3.75. The monoisotopic (exact) mass is 696 g/mol. The van der Waals surface area contributed by atoms with Crippen molar-refractivity contribution in [3.05, 3.63) is 23.8 Å². The van der Waals surface area contributed by atoms with E-state index in [1.54, 1.807) is 13.8 Å². The molecule has 0 amide bonds. The zero-order valence-electron chi connectivity index (χ0n) is 28.4. The Morgan fingerprint density at radius 3 is 2.02 bits per heavy atom. The Labute approximate surface area is 282 Å². The van der Waals surface area contributed by atoms with E-state index in [1.165, 1.54) is 32.1 Å². The Balaban J connectivity index is 2.15. The van der Waals surface area contributed by atoms with Crippen LogP contribution in [0.2, 0.25) is 0 Å². The van der Waals surface area contributed by atoms with Crippen LogP contribution in [0.15, 0.2) is 23.8 Å². The van der Waals surface area contributed by atoms with Crippen LogP contribution in [-0.4, -0.2) is 119 Å². The summed E-state index contributed by atoms with van der Waals surface area (Å²) in [5.41, 5.74) is -6.14. The molecule has 3 N–H and O–H groups in total. The topological polar surface area (TPSA) is 231 Å². The summed E-state index contributed by atoms with van der Waals surface area (Å²) in [4.78, 5) is 77.8. The van der Waals surface area contributed by atoms with Gasteiger partial charge in [0.05, 0.1) is 24.5 Å². The lowest BCUT2D eigenvalue weighted by molar-refractivity contribution is -0.279. The number of carbonyl (C=O) groups is 6. The quantitative estimate of drug-likeness (QED) is 0.161. The first-order chi connectivity index (χ1) is 22.9. The number of hydrogen-bond donors (Lipinski definition) is 3. The molecule has 3 fully saturated rings. The minimum Gasteiger partial charge on any atom is -0.459 e. The van der Waals surface area contributed by atoms with E-state index in [0.29, 0.717) is 0 Å². The molecule has 16 nitrogen and oxygen atoms in total. The molecule has 0 aromatic carbocycles. The Morgan fingerprint density at radius 1 is 0.918 bits per heavy atom. The fraction of sp³-hybridized carbons (Fsp3) is 0.697. The van der Waals surface area contributed by atoms with Crippen molar-refractivity contribution in [1.82, 2.24) is 0 Å². The molecule has 4 aliphatic rings. The molecule has 2 heterocycles. The average molecular weight is 697 g/mol. The number of aliphatic hydroxyl groups excluding tert-OH is 2. The zero-order chi connectivity index (χ0) is 36.6. The fourth-order valence-electron chi connectivity index (χ4n) is 7.46. The molecule has 2 aliphatic heterocycles. The number of esters is 6. The molecule has 2 saturated heterocycles. The van der Waals surface area contributed by atoms with Crippen LogP contribution in [0.25, 0.3) is 0 Å². The van der Waals surface area contributed by atoms with E-state index in [0.717, 1.165) is 20.8 Å². The number of rotatable bonds is 9. The number of epoxide rings is 1. The largest absolute Gasteiger partial charge is 0.459 e. The van der Waals surface area contributed by atoms with Crippen molar-refractivity contribution in [3.8, 4) is 0 Å². The van der Waals surface area contributed by atoms with Gasteiger partial charge in [0.25, 0.3) is 0 Å². The number of ether oxygens (including phenoxy) is 7. The molecule has 0 aromatic heterocycles. The van der Waals surface area contributed by atoms with E-state index in [4.69, 9.17) is 33.2 Å². The Hall–Kier alpha value is -3.86. The molecule has 1 spiro atoms. The van der Waals surface area contributed by atoms with Gasteiger partial charge in [-0.1, -0.05) is 26.8 Å². The van der Waals surface area contributed by atoms with Crippen molar-refractivity contribution in [2.24, 2.45) is 23.2 Å². The molecule has 16 heteroatoms. The summed E-state index contributed by atoms with van der Waals surface area (Å²) >= 11 is 0. The van der Waals surface area contributed by atoms with Crippen LogP contribution >= 0.6 is 0 Å². The van der Waals surface area contributed by atoms with Gasteiger partial charge in [-0.25, -0.2) is 4.79 Å². The zero-order valence-corrected chi connectivity index (χ0v) is 28.4. The number of carbonyl (C=O) groups excluding carboxylic acids is 6. The second-order valence-electron chi connectivity index (χ2n) is 13.5. The summed E-state index contributed by atoms with van der Waals surface area (Å²) in [6.07, 6.45) is -6.12. The van der Waals surface area contributed by atoms with Gasteiger partial charge in [-0.2, -0.15) is 0 Å². The summed E-state index contributed by atoms with van der Waals surface area (Å²) in [5, 5.41) is 32.7. The molecular formula is C33H44O16. The maximum atomic E-state index is 13.3. The Bertz CT molecular complexity index is 1410. The first kappa shape index (κ1) is 38.0. The predicted molar refractivity (Wildman–Crippen MR) is 162 cm³/mol.